The summed E-state index contributed by atoms with van der Waals surface area (Å²) in [6.45, 7) is 6.47. The van der Waals surface area contributed by atoms with Gasteiger partial charge in [-0.25, -0.2) is 0 Å². The van der Waals surface area contributed by atoms with E-state index in [1.54, 1.807) is 12.1 Å². The number of rotatable bonds is 4. The number of nitrogens with zero attached hydrogens (tertiary/aromatic N) is 1. The number of amides is 1. The van der Waals surface area contributed by atoms with Crippen LogP contribution in [0.25, 0.3) is 0 Å². The van der Waals surface area contributed by atoms with Crippen LogP contribution in [0.2, 0.25) is 0 Å². The van der Waals surface area contributed by atoms with Crippen molar-refractivity contribution in [3.05, 3.63) is 23.8 Å². The van der Waals surface area contributed by atoms with Crippen LogP contribution in [0.5, 0.6) is 0 Å². The average Bonchev–Trinajstić information content (AvgIpc) is 2.47. The molecule has 1 aromatic rings. The lowest BCUT2D eigenvalue weighted by Crippen LogP contribution is -2.40. The Labute approximate surface area is 121 Å². The molecule has 1 aliphatic rings. The van der Waals surface area contributed by atoms with Crippen molar-refractivity contribution in [3.63, 3.8) is 0 Å². The number of hydrogen-bond donors (Lipinski definition) is 2. The van der Waals surface area contributed by atoms with Crippen molar-refractivity contribution in [2.45, 2.75) is 39.5 Å². The van der Waals surface area contributed by atoms with Gasteiger partial charge in [-0.05, 0) is 36.5 Å². The Bertz CT molecular complexity index is 484. The Morgan fingerprint density at radius 2 is 1.85 bits per heavy atom. The third-order valence-electron chi connectivity index (χ3n) is 4.95. The molecule has 110 valence electrons. The molecule has 0 aliphatic carbocycles. The molecule has 0 atom stereocenters. The standard InChI is InChI=1S/C16H25N3O/c1-3-16(4-2)7-9-19(10-8-16)14-11-12(17)5-6-13(14)15(18)20/h5-6,11H,3-4,7-10,17H2,1-2H3,(H2,18,20). The summed E-state index contributed by atoms with van der Waals surface area (Å²) in [5.41, 5.74) is 13.9. The van der Waals surface area contributed by atoms with Crippen LogP contribution < -0.4 is 16.4 Å². The molecule has 0 spiro atoms. The molecule has 4 nitrogen and oxygen atoms in total. The predicted molar refractivity (Wildman–Crippen MR) is 83.8 cm³/mol. The van der Waals surface area contributed by atoms with E-state index in [2.05, 4.69) is 18.7 Å². The molecule has 0 unspecified atom stereocenters. The van der Waals surface area contributed by atoms with Gasteiger partial charge in [-0.15, -0.1) is 0 Å². The van der Waals surface area contributed by atoms with Crippen LogP contribution in [0.3, 0.4) is 0 Å². The predicted octanol–water partition coefficient (Wildman–Crippen LogP) is 2.77. The zero-order chi connectivity index (χ0) is 14.8. The molecular weight excluding hydrogens is 250 g/mol. The second kappa shape index (κ2) is 5.73. The second-order valence-corrected chi connectivity index (χ2v) is 5.83. The molecule has 0 bridgehead atoms. The Balaban J connectivity index is 2.22. The fourth-order valence-electron chi connectivity index (χ4n) is 3.20. The SMILES string of the molecule is CCC1(CC)CCN(c2cc(N)ccc2C(N)=O)CC1. The molecule has 1 fully saturated rings. The van der Waals surface area contributed by atoms with Crippen LogP contribution in [-0.4, -0.2) is 19.0 Å². The summed E-state index contributed by atoms with van der Waals surface area (Å²) in [5, 5.41) is 0. The summed E-state index contributed by atoms with van der Waals surface area (Å²) >= 11 is 0. The van der Waals surface area contributed by atoms with Crippen LogP contribution in [0, 0.1) is 5.41 Å². The Morgan fingerprint density at radius 1 is 1.25 bits per heavy atom. The summed E-state index contributed by atoms with van der Waals surface area (Å²) in [4.78, 5) is 13.8. The molecule has 0 saturated carbocycles. The Kier molecular flexibility index (Phi) is 4.21. The van der Waals surface area contributed by atoms with E-state index in [1.165, 1.54) is 12.8 Å². The highest BCUT2D eigenvalue weighted by atomic mass is 16.1. The molecule has 4 N–H and O–H groups in total. The fraction of sp³-hybridized carbons (Fsp3) is 0.562. The number of primary amides is 1. The summed E-state index contributed by atoms with van der Waals surface area (Å²) in [7, 11) is 0. The second-order valence-electron chi connectivity index (χ2n) is 5.83. The van der Waals surface area contributed by atoms with Gasteiger partial charge in [0.15, 0.2) is 0 Å². The van der Waals surface area contributed by atoms with E-state index in [-0.39, 0.29) is 5.91 Å². The maximum Gasteiger partial charge on any atom is 0.250 e. The first-order valence-electron chi connectivity index (χ1n) is 7.45. The van der Waals surface area contributed by atoms with Gasteiger partial charge in [-0.3, -0.25) is 4.79 Å². The third-order valence-corrected chi connectivity index (χ3v) is 4.95. The minimum Gasteiger partial charge on any atom is -0.399 e. The van der Waals surface area contributed by atoms with Crippen LogP contribution in [-0.2, 0) is 0 Å². The summed E-state index contributed by atoms with van der Waals surface area (Å²) in [5.74, 6) is -0.386. The first-order chi connectivity index (χ1) is 9.51. The molecule has 2 rings (SSSR count). The molecule has 1 amide bonds. The first kappa shape index (κ1) is 14.7. The summed E-state index contributed by atoms with van der Waals surface area (Å²) in [6.07, 6.45) is 4.76. The van der Waals surface area contributed by atoms with Gasteiger partial charge in [-0.2, -0.15) is 0 Å². The van der Waals surface area contributed by atoms with Crippen molar-refractivity contribution in [1.82, 2.24) is 0 Å². The smallest absolute Gasteiger partial charge is 0.250 e. The van der Waals surface area contributed by atoms with Crippen LogP contribution in [0.1, 0.15) is 49.9 Å². The Morgan fingerprint density at radius 3 is 2.35 bits per heavy atom. The van der Waals surface area contributed by atoms with E-state index in [0.29, 0.717) is 16.7 Å². The lowest BCUT2D eigenvalue weighted by Gasteiger charge is -2.42. The van der Waals surface area contributed by atoms with Crippen LogP contribution >= 0.6 is 0 Å². The number of nitrogens with two attached hydrogens (primary N) is 2. The van der Waals surface area contributed by atoms with E-state index in [0.717, 1.165) is 31.6 Å². The van der Waals surface area contributed by atoms with E-state index >= 15 is 0 Å². The molecule has 1 heterocycles. The number of nitrogen functional groups attached to an aromatic ring is 1. The van der Waals surface area contributed by atoms with Crippen molar-refractivity contribution >= 4 is 17.3 Å². The van der Waals surface area contributed by atoms with Gasteiger partial charge < -0.3 is 16.4 Å². The zero-order valence-corrected chi connectivity index (χ0v) is 12.5. The number of anilines is 2. The lowest BCUT2D eigenvalue weighted by molar-refractivity contribution is 0.100. The van der Waals surface area contributed by atoms with E-state index in [9.17, 15) is 4.79 Å². The lowest BCUT2D eigenvalue weighted by atomic mass is 9.74. The topological polar surface area (TPSA) is 72.3 Å². The number of piperidine rings is 1. The highest BCUT2D eigenvalue weighted by Gasteiger charge is 2.32. The average molecular weight is 275 g/mol. The van der Waals surface area contributed by atoms with E-state index in [4.69, 9.17) is 11.5 Å². The van der Waals surface area contributed by atoms with Crippen molar-refractivity contribution in [1.29, 1.82) is 0 Å². The van der Waals surface area contributed by atoms with Crippen molar-refractivity contribution in [2.24, 2.45) is 11.1 Å². The van der Waals surface area contributed by atoms with Crippen molar-refractivity contribution in [2.75, 3.05) is 23.7 Å². The normalized spacial score (nSPS) is 18.0. The third kappa shape index (κ3) is 2.74. The van der Waals surface area contributed by atoms with Gasteiger partial charge >= 0.3 is 0 Å². The summed E-state index contributed by atoms with van der Waals surface area (Å²) in [6, 6.07) is 5.33. The molecule has 0 radical (unpaired) electrons. The fourth-order valence-corrected chi connectivity index (χ4v) is 3.20. The molecule has 1 aromatic carbocycles. The Hall–Kier alpha value is -1.71. The van der Waals surface area contributed by atoms with Gasteiger partial charge in [-0.1, -0.05) is 26.7 Å². The van der Waals surface area contributed by atoms with Crippen molar-refractivity contribution in [3.8, 4) is 0 Å². The maximum atomic E-state index is 11.6. The monoisotopic (exact) mass is 275 g/mol. The quantitative estimate of drug-likeness (QED) is 0.830. The molecule has 1 aliphatic heterocycles. The molecule has 4 heteroatoms. The number of benzene rings is 1. The largest absolute Gasteiger partial charge is 0.399 e. The minimum atomic E-state index is -0.386. The number of carbonyl (C=O) groups excluding carboxylic acids is 1. The zero-order valence-electron chi connectivity index (χ0n) is 12.5. The molecule has 1 saturated heterocycles. The maximum absolute atomic E-state index is 11.6. The van der Waals surface area contributed by atoms with Gasteiger partial charge in [0, 0.05) is 18.8 Å². The highest BCUT2D eigenvalue weighted by Crippen LogP contribution is 2.39. The summed E-state index contributed by atoms with van der Waals surface area (Å²) < 4.78 is 0. The van der Waals surface area contributed by atoms with Crippen molar-refractivity contribution < 1.29 is 4.79 Å². The van der Waals surface area contributed by atoms with Gasteiger partial charge in [0.05, 0.1) is 11.3 Å². The number of hydrogen-bond acceptors (Lipinski definition) is 3. The molecule has 20 heavy (non-hydrogen) atoms. The van der Waals surface area contributed by atoms with Gasteiger partial charge in [0.1, 0.15) is 0 Å². The molecular formula is C16H25N3O. The highest BCUT2D eigenvalue weighted by molar-refractivity contribution is 5.99. The first-order valence-corrected chi connectivity index (χ1v) is 7.45. The molecule has 0 aromatic heterocycles. The van der Waals surface area contributed by atoms with Crippen LogP contribution in [0.15, 0.2) is 18.2 Å². The van der Waals surface area contributed by atoms with E-state index < -0.39 is 0 Å². The minimum absolute atomic E-state index is 0.386. The van der Waals surface area contributed by atoms with E-state index in [1.807, 2.05) is 6.07 Å². The van der Waals surface area contributed by atoms with Gasteiger partial charge in [0.25, 0.3) is 5.91 Å². The van der Waals surface area contributed by atoms with Crippen LogP contribution in [0.4, 0.5) is 11.4 Å². The van der Waals surface area contributed by atoms with Gasteiger partial charge in [0.2, 0.25) is 0 Å². The number of carbonyl (C=O) groups is 1.